The lowest BCUT2D eigenvalue weighted by molar-refractivity contribution is -0.462. The number of aromatic nitrogens is 2. The number of rotatable bonds is 4. The molecule has 0 aliphatic heterocycles. The van der Waals surface area contributed by atoms with Crippen molar-refractivity contribution in [2.45, 2.75) is 13.8 Å². The molecule has 9 heteroatoms. The van der Waals surface area contributed by atoms with Crippen LogP contribution in [0, 0.1) is 12.3 Å². The van der Waals surface area contributed by atoms with Crippen molar-refractivity contribution in [3.05, 3.63) is 35.6 Å². The van der Waals surface area contributed by atoms with Gasteiger partial charge >= 0.3 is 0 Å². The highest BCUT2D eigenvalue weighted by Gasteiger charge is 1.99. The van der Waals surface area contributed by atoms with Gasteiger partial charge in [-0.15, -0.1) is 12.4 Å². The second-order valence-corrected chi connectivity index (χ2v) is 6.14. The number of hydrogen-bond acceptors (Lipinski definition) is 5. The molecule has 0 amide bonds. The fraction of sp³-hybridized carbons (Fsp3) is 0.444. The molecule has 0 atom stereocenters. The van der Waals surface area contributed by atoms with Crippen LogP contribution in [0.15, 0.2) is 24.2 Å². The molecule has 0 aliphatic rings. The first-order valence-corrected chi connectivity index (χ1v) is 7.93. The average molecular weight is 400 g/mol. The molecule has 0 aromatic carbocycles. The van der Waals surface area contributed by atoms with Gasteiger partial charge < -0.3 is 10.6 Å². The van der Waals surface area contributed by atoms with E-state index in [2.05, 4.69) is 28.6 Å². The Balaban J connectivity index is -0.000000357. The zero-order chi connectivity index (χ0) is 20.7. The minimum atomic E-state index is 0. The molecule has 3 N–H and O–H groups in total. The molecular formula is C18H34ClN7O+2. The Kier molecular flexibility index (Phi) is 18.2. The average Bonchev–Trinajstić information content (AvgIpc) is 2.46. The summed E-state index contributed by atoms with van der Waals surface area (Å²) in [4.78, 5) is 19.7. The number of nitrogens with one attached hydrogen (secondary N) is 1. The molecule has 0 fully saturated rings. The summed E-state index contributed by atoms with van der Waals surface area (Å²) in [5, 5.41) is 6.28. The van der Waals surface area contributed by atoms with Crippen molar-refractivity contribution in [1.82, 2.24) is 14.9 Å². The minimum absolute atomic E-state index is 0. The molecule has 0 bridgehead atoms. The van der Waals surface area contributed by atoms with Crippen molar-refractivity contribution in [3.8, 4) is 0 Å². The van der Waals surface area contributed by atoms with E-state index in [1.807, 2.05) is 56.3 Å². The lowest BCUT2D eigenvalue weighted by Crippen LogP contribution is -2.11. The van der Waals surface area contributed by atoms with Crippen LogP contribution in [0.25, 0.3) is 0 Å². The number of halogens is 1. The number of carbonyl (C=O) groups is 1. The molecule has 8 nitrogen and oxygen atoms in total. The van der Waals surface area contributed by atoms with Crippen LogP contribution in [0.2, 0.25) is 0 Å². The predicted octanol–water partition coefficient (Wildman–Crippen LogP) is 1.08. The number of hydrogen-bond donors (Lipinski definition) is 2. The van der Waals surface area contributed by atoms with E-state index in [1.54, 1.807) is 6.92 Å². The minimum Gasteiger partial charge on any atom is -0.388 e. The Morgan fingerprint density at radius 3 is 1.74 bits per heavy atom. The van der Waals surface area contributed by atoms with Crippen molar-refractivity contribution in [2.75, 3.05) is 42.3 Å². The van der Waals surface area contributed by atoms with Gasteiger partial charge in [-0.05, 0) is 13.8 Å². The van der Waals surface area contributed by atoms with E-state index in [0.29, 0.717) is 11.4 Å². The maximum Gasteiger partial charge on any atom is 0.177 e. The second-order valence-electron chi connectivity index (χ2n) is 6.14. The van der Waals surface area contributed by atoms with Crippen molar-refractivity contribution >= 4 is 37.0 Å². The number of carbonyl (C=O) groups excluding carboxylic acids is 1. The van der Waals surface area contributed by atoms with Gasteiger partial charge in [0, 0.05) is 32.7 Å². The normalized spacial score (nSPS) is 8.15. The Hall–Kier alpha value is -2.61. The quantitative estimate of drug-likeness (QED) is 0.341. The molecule has 1 aromatic heterocycles. The Labute approximate surface area is 169 Å². The van der Waals surface area contributed by atoms with Crippen LogP contribution in [0.4, 0.5) is 0 Å². The third kappa shape index (κ3) is 23.4. The van der Waals surface area contributed by atoms with Gasteiger partial charge in [-0.3, -0.25) is 10.2 Å². The van der Waals surface area contributed by atoms with Gasteiger partial charge in [0.1, 0.15) is 39.6 Å². The van der Waals surface area contributed by atoms with Gasteiger partial charge in [0.25, 0.3) is 0 Å². The second kappa shape index (κ2) is 16.8. The molecule has 152 valence electrons. The first kappa shape index (κ1) is 29.2. The van der Waals surface area contributed by atoms with Gasteiger partial charge in [-0.2, -0.15) is 0 Å². The number of allylic oxidation sites excluding steroid dienone is 1. The number of aryl methyl sites for hydroxylation is 1. The summed E-state index contributed by atoms with van der Waals surface area (Å²) in [7, 11) is 12.1. The van der Waals surface area contributed by atoms with Crippen molar-refractivity contribution in [3.63, 3.8) is 0 Å². The molecule has 0 saturated carbocycles. The summed E-state index contributed by atoms with van der Waals surface area (Å²) < 4.78 is 4.07. The first-order valence-electron chi connectivity index (χ1n) is 7.93. The van der Waals surface area contributed by atoms with Gasteiger partial charge in [-0.25, -0.2) is 19.1 Å². The molecule has 27 heavy (non-hydrogen) atoms. The predicted molar refractivity (Wildman–Crippen MR) is 115 cm³/mol. The van der Waals surface area contributed by atoms with Crippen LogP contribution >= 0.6 is 12.4 Å². The summed E-state index contributed by atoms with van der Waals surface area (Å²) in [6.45, 7) is 3.30. The highest BCUT2D eigenvalue weighted by molar-refractivity contribution is 6.00. The van der Waals surface area contributed by atoms with Crippen LogP contribution in [-0.4, -0.2) is 90.9 Å². The van der Waals surface area contributed by atoms with E-state index < -0.39 is 0 Å². The van der Waals surface area contributed by atoms with Crippen molar-refractivity contribution in [2.24, 2.45) is 5.73 Å². The highest BCUT2D eigenvalue weighted by Crippen LogP contribution is 1.89. The molecule has 0 radical (unpaired) electrons. The van der Waals surface area contributed by atoms with Crippen molar-refractivity contribution < 1.29 is 13.9 Å². The SMILES string of the molecule is CC(=N)N.CN(C)C=C(C=[N+](C)C)C=[N+](C)C.Cc1ncc(C=O)cn1.Cl. The van der Waals surface area contributed by atoms with Crippen LogP contribution in [0.1, 0.15) is 23.1 Å². The van der Waals surface area contributed by atoms with Crippen molar-refractivity contribution in [1.29, 1.82) is 5.41 Å². The fourth-order valence-electron chi connectivity index (χ4n) is 1.46. The number of aldehydes is 1. The largest absolute Gasteiger partial charge is 0.388 e. The summed E-state index contributed by atoms with van der Waals surface area (Å²) in [5.41, 5.74) is 6.39. The van der Waals surface area contributed by atoms with E-state index in [1.165, 1.54) is 24.9 Å². The zero-order valence-corrected chi connectivity index (χ0v) is 18.4. The monoisotopic (exact) mass is 399 g/mol. The standard InChI is InChI=1S/C10H21N3.C6H6N2O.C2H6N2.ClH/c1-11(2)7-10(8-12(3)4)9-13(5)6;1-5-7-2-6(4-9)3-8-5;1-2(3)4;/h7-9H,1-6H3;2-4H,1H3;1H3,(H3,3,4);1H/q+2;;;. The zero-order valence-electron chi connectivity index (χ0n) is 17.6. The van der Waals surface area contributed by atoms with Gasteiger partial charge in [0.05, 0.1) is 11.4 Å². The van der Waals surface area contributed by atoms with Gasteiger partial charge in [0.15, 0.2) is 18.7 Å². The molecule has 1 aromatic rings. The molecule has 0 saturated heterocycles. The summed E-state index contributed by atoms with van der Waals surface area (Å²) in [6.07, 6.45) is 9.96. The Morgan fingerprint density at radius 1 is 1.11 bits per heavy atom. The molecule has 1 heterocycles. The van der Waals surface area contributed by atoms with E-state index in [9.17, 15) is 4.79 Å². The van der Waals surface area contributed by atoms with Crippen LogP contribution in [0.3, 0.4) is 0 Å². The number of nitrogens with zero attached hydrogens (tertiary/aromatic N) is 5. The van der Waals surface area contributed by atoms with E-state index >= 15 is 0 Å². The molecule has 0 unspecified atom stereocenters. The lowest BCUT2D eigenvalue weighted by atomic mass is 10.3. The van der Waals surface area contributed by atoms with E-state index in [0.717, 1.165) is 6.29 Å². The Morgan fingerprint density at radius 2 is 1.48 bits per heavy atom. The molecule has 0 aliphatic carbocycles. The fourth-order valence-corrected chi connectivity index (χ4v) is 1.46. The number of amidine groups is 1. The summed E-state index contributed by atoms with van der Waals surface area (Å²) in [6, 6.07) is 0. The maximum absolute atomic E-state index is 10.0. The van der Waals surface area contributed by atoms with Crippen LogP contribution in [-0.2, 0) is 0 Å². The third-order valence-corrected chi connectivity index (χ3v) is 2.16. The Bertz CT molecular complexity index is 618. The lowest BCUT2D eigenvalue weighted by Gasteiger charge is -2.03. The molecular weight excluding hydrogens is 366 g/mol. The summed E-state index contributed by atoms with van der Waals surface area (Å²) in [5.74, 6) is 0.848. The van der Waals surface area contributed by atoms with Crippen LogP contribution in [0.5, 0.6) is 0 Å². The van der Waals surface area contributed by atoms with E-state index in [4.69, 9.17) is 11.1 Å². The number of nitrogens with two attached hydrogens (primary N) is 1. The summed E-state index contributed by atoms with van der Waals surface area (Å²) >= 11 is 0. The maximum atomic E-state index is 10.0. The van der Waals surface area contributed by atoms with Crippen LogP contribution < -0.4 is 5.73 Å². The smallest absolute Gasteiger partial charge is 0.177 e. The molecule has 0 spiro atoms. The first-order chi connectivity index (χ1) is 12.0. The molecule has 1 rings (SSSR count). The highest BCUT2D eigenvalue weighted by atomic mass is 35.5. The van der Waals surface area contributed by atoms with Gasteiger partial charge in [0.2, 0.25) is 0 Å². The van der Waals surface area contributed by atoms with E-state index in [-0.39, 0.29) is 18.2 Å². The topological polar surface area (TPSA) is 102 Å². The van der Waals surface area contributed by atoms with Gasteiger partial charge in [-0.1, -0.05) is 0 Å². The third-order valence-electron chi connectivity index (χ3n) is 2.16.